The number of para-hydroxylation sites is 1. The summed E-state index contributed by atoms with van der Waals surface area (Å²) in [7, 11) is 0. The monoisotopic (exact) mass is 465 g/mol. The highest BCUT2D eigenvalue weighted by Crippen LogP contribution is 2.36. The Morgan fingerprint density at radius 2 is 1.94 bits per heavy atom. The van der Waals surface area contributed by atoms with Gasteiger partial charge >= 0.3 is 0 Å². The lowest BCUT2D eigenvalue weighted by Crippen LogP contribution is -2.21. The van der Waals surface area contributed by atoms with Crippen LogP contribution in [-0.2, 0) is 17.1 Å². The van der Waals surface area contributed by atoms with Crippen LogP contribution in [0.5, 0.6) is 5.75 Å². The number of rotatable bonds is 5. The minimum atomic E-state index is -0.466. The van der Waals surface area contributed by atoms with Crippen LogP contribution in [0.1, 0.15) is 11.1 Å². The second-order valence-corrected chi connectivity index (χ2v) is 8.22. The molecule has 1 aliphatic heterocycles. The minimum Gasteiger partial charge on any atom is -0.467 e. The third kappa shape index (κ3) is 4.06. The van der Waals surface area contributed by atoms with Crippen LogP contribution in [0.4, 0.5) is 10.1 Å². The Morgan fingerprint density at radius 3 is 2.73 bits per heavy atom. The van der Waals surface area contributed by atoms with Crippen molar-refractivity contribution in [2.24, 2.45) is 0 Å². The first-order chi connectivity index (χ1) is 16.0. The van der Waals surface area contributed by atoms with E-state index in [1.54, 1.807) is 24.3 Å². The minimum absolute atomic E-state index is 0.0526. The molecule has 0 amide bonds. The van der Waals surface area contributed by atoms with E-state index < -0.39 is 10.7 Å². The molecule has 166 valence electrons. The van der Waals surface area contributed by atoms with Gasteiger partial charge in [-0.1, -0.05) is 23.9 Å². The number of aromatic nitrogens is 2. The van der Waals surface area contributed by atoms with Gasteiger partial charge in [0.2, 0.25) is 0 Å². The highest BCUT2D eigenvalue weighted by molar-refractivity contribution is 7.98. The van der Waals surface area contributed by atoms with Crippen LogP contribution in [-0.4, -0.2) is 21.3 Å². The summed E-state index contributed by atoms with van der Waals surface area (Å²) in [5.41, 5.74) is 1.82. The highest BCUT2D eigenvalue weighted by Gasteiger charge is 2.22. The zero-order valence-electron chi connectivity index (χ0n) is 17.1. The molecular weight excluding hydrogens is 449 g/mol. The number of non-ortho nitro benzene ring substituents is 1. The second kappa shape index (κ2) is 8.64. The summed E-state index contributed by atoms with van der Waals surface area (Å²) in [5, 5.41) is 12.2. The Labute approximate surface area is 190 Å². The molecular formula is C23H16FN3O5S. The number of hydrogen-bond acceptors (Lipinski definition) is 7. The maximum absolute atomic E-state index is 13.5. The number of halogens is 1. The molecule has 0 radical (unpaired) electrons. The molecule has 0 bridgehead atoms. The number of nitro benzene ring substituents is 1. The average Bonchev–Trinajstić information content (AvgIpc) is 2.83. The van der Waals surface area contributed by atoms with Gasteiger partial charge in [-0.2, -0.15) is 0 Å². The first kappa shape index (κ1) is 21.1. The van der Waals surface area contributed by atoms with Gasteiger partial charge in [-0.05, 0) is 36.4 Å². The smallest absolute Gasteiger partial charge is 0.270 e. The summed E-state index contributed by atoms with van der Waals surface area (Å²) in [5.74, 6) is 0.379. The van der Waals surface area contributed by atoms with Gasteiger partial charge in [0.15, 0.2) is 11.9 Å². The number of ether oxygens (including phenoxy) is 2. The number of hydrogen-bond donors (Lipinski definition) is 0. The van der Waals surface area contributed by atoms with Gasteiger partial charge in [0.05, 0.1) is 28.1 Å². The van der Waals surface area contributed by atoms with Gasteiger partial charge in [-0.3, -0.25) is 19.5 Å². The summed E-state index contributed by atoms with van der Waals surface area (Å²) in [6.07, 6.45) is 0. The van der Waals surface area contributed by atoms with Gasteiger partial charge in [-0.25, -0.2) is 9.37 Å². The number of nitro groups is 1. The lowest BCUT2D eigenvalue weighted by Gasteiger charge is -2.20. The Hall–Kier alpha value is -3.76. The Bertz CT molecular complexity index is 1440. The van der Waals surface area contributed by atoms with Gasteiger partial charge in [0.1, 0.15) is 11.6 Å². The van der Waals surface area contributed by atoms with Crippen LogP contribution in [0, 0.1) is 15.9 Å². The van der Waals surface area contributed by atoms with Crippen LogP contribution in [0.15, 0.2) is 70.6 Å². The topological polar surface area (TPSA) is 96.5 Å². The first-order valence-corrected chi connectivity index (χ1v) is 10.9. The van der Waals surface area contributed by atoms with Crippen molar-refractivity contribution in [3.8, 4) is 11.4 Å². The largest absolute Gasteiger partial charge is 0.467 e. The maximum Gasteiger partial charge on any atom is 0.270 e. The molecule has 5 rings (SSSR count). The molecule has 0 spiro atoms. The first-order valence-electron chi connectivity index (χ1n) is 9.92. The molecule has 2 heterocycles. The molecule has 0 atom stereocenters. The number of thioether (sulfide) groups is 1. The molecule has 1 aromatic heterocycles. The summed E-state index contributed by atoms with van der Waals surface area (Å²) in [4.78, 5) is 28.9. The van der Waals surface area contributed by atoms with Gasteiger partial charge < -0.3 is 9.47 Å². The molecule has 4 aromatic rings. The molecule has 0 saturated carbocycles. The third-order valence-electron chi connectivity index (χ3n) is 5.17. The van der Waals surface area contributed by atoms with Crippen molar-refractivity contribution in [3.05, 3.63) is 98.1 Å². The van der Waals surface area contributed by atoms with Crippen LogP contribution in [0.2, 0.25) is 0 Å². The lowest BCUT2D eigenvalue weighted by molar-refractivity contribution is -0.385. The quantitative estimate of drug-likeness (QED) is 0.184. The molecule has 0 unspecified atom stereocenters. The van der Waals surface area contributed by atoms with Crippen molar-refractivity contribution in [2.45, 2.75) is 17.5 Å². The van der Waals surface area contributed by atoms with Crippen molar-refractivity contribution in [1.82, 2.24) is 9.55 Å². The van der Waals surface area contributed by atoms with Gasteiger partial charge in [-0.15, -0.1) is 0 Å². The molecule has 1 aliphatic rings. The predicted octanol–water partition coefficient (Wildman–Crippen LogP) is 4.59. The van der Waals surface area contributed by atoms with Crippen LogP contribution < -0.4 is 10.3 Å². The standard InChI is InChI=1S/C23H16FN3O5S/c24-16-5-7-17(8-6-16)26-22(28)19-3-1-2-4-20(19)25-23(26)33-12-15-10-18(27(29)30)9-14-11-31-13-32-21(14)15/h1-10H,11-13H2. The van der Waals surface area contributed by atoms with E-state index in [1.165, 1.54) is 52.7 Å². The van der Waals surface area contributed by atoms with E-state index in [2.05, 4.69) is 4.98 Å². The summed E-state index contributed by atoms with van der Waals surface area (Å²) in [6, 6.07) is 15.4. The fourth-order valence-corrected chi connectivity index (χ4v) is 4.64. The predicted molar refractivity (Wildman–Crippen MR) is 120 cm³/mol. The van der Waals surface area contributed by atoms with Gasteiger partial charge in [0, 0.05) is 29.0 Å². The highest BCUT2D eigenvalue weighted by atomic mass is 32.2. The zero-order valence-corrected chi connectivity index (χ0v) is 17.9. The fourth-order valence-electron chi connectivity index (χ4n) is 3.66. The van der Waals surface area contributed by atoms with E-state index in [0.717, 1.165) is 0 Å². The van der Waals surface area contributed by atoms with E-state index >= 15 is 0 Å². The molecule has 10 heteroatoms. The molecule has 0 fully saturated rings. The number of nitrogens with zero attached hydrogens (tertiary/aromatic N) is 3. The lowest BCUT2D eigenvalue weighted by atomic mass is 10.1. The van der Waals surface area contributed by atoms with Crippen LogP contribution in [0.25, 0.3) is 16.6 Å². The van der Waals surface area contributed by atoms with E-state index in [-0.39, 0.29) is 30.4 Å². The second-order valence-electron chi connectivity index (χ2n) is 7.28. The fraction of sp³-hybridized carbons (Fsp3) is 0.130. The van der Waals surface area contributed by atoms with Crippen LogP contribution >= 0.6 is 11.8 Å². The van der Waals surface area contributed by atoms with E-state index in [0.29, 0.717) is 38.6 Å². The third-order valence-corrected chi connectivity index (χ3v) is 6.16. The summed E-state index contributed by atoms with van der Waals surface area (Å²) in [6.45, 7) is 0.264. The van der Waals surface area contributed by atoms with E-state index in [1.807, 2.05) is 0 Å². The SMILES string of the molecule is O=c1c2ccccc2nc(SCc2cc([N+](=O)[O-])cc3c2OCOC3)n1-c1ccc(F)cc1. The van der Waals surface area contributed by atoms with Crippen molar-refractivity contribution in [1.29, 1.82) is 0 Å². The Balaban J connectivity index is 1.61. The average molecular weight is 465 g/mol. The molecule has 0 aliphatic carbocycles. The van der Waals surface area contributed by atoms with Crippen LogP contribution in [0.3, 0.4) is 0 Å². The summed E-state index contributed by atoms with van der Waals surface area (Å²) < 4.78 is 25.8. The normalized spacial score (nSPS) is 12.9. The zero-order chi connectivity index (χ0) is 22.9. The maximum atomic E-state index is 13.5. The molecule has 0 saturated heterocycles. The van der Waals surface area contributed by atoms with E-state index in [4.69, 9.17) is 9.47 Å². The van der Waals surface area contributed by atoms with Gasteiger partial charge in [0.25, 0.3) is 11.2 Å². The van der Waals surface area contributed by atoms with Crippen molar-refractivity contribution in [3.63, 3.8) is 0 Å². The van der Waals surface area contributed by atoms with E-state index in [9.17, 15) is 19.3 Å². The Kier molecular flexibility index (Phi) is 5.53. The molecule has 33 heavy (non-hydrogen) atoms. The molecule has 8 nitrogen and oxygen atoms in total. The van der Waals surface area contributed by atoms with Crippen molar-refractivity contribution in [2.75, 3.05) is 6.79 Å². The summed E-state index contributed by atoms with van der Waals surface area (Å²) >= 11 is 1.24. The van der Waals surface area contributed by atoms with Crippen molar-refractivity contribution >= 4 is 28.4 Å². The molecule has 0 N–H and O–H groups in total. The Morgan fingerprint density at radius 1 is 1.15 bits per heavy atom. The number of benzene rings is 3. The molecule has 3 aromatic carbocycles. The van der Waals surface area contributed by atoms with Crippen molar-refractivity contribution < 1.29 is 18.8 Å². The number of fused-ring (bicyclic) bond motifs is 2.